The smallest absolute Gasteiger partial charge is 0.157 e. The molecule has 1 saturated heterocycles. The Bertz CT molecular complexity index is 480. The normalized spacial score (nSPS) is 19.6. The Kier molecular flexibility index (Phi) is 12.1. The first-order chi connectivity index (χ1) is 13.8. The van der Waals surface area contributed by atoms with Crippen LogP contribution in [0, 0.1) is 19.3 Å². The van der Waals surface area contributed by atoms with Crippen LogP contribution in [0.15, 0.2) is 24.3 Å². The summed E-state index contributed by atoms with van der Waals surface area (Å²) in [4.78, 5) is 0. The number of aryl methyl sites for hydroxylation is 1. The first-order valence-electron chi connectivity index (χ1n) is 11.0. The number of hydrogen-bond acceptors (Lipinski definition) is 4. The maximum Gasteiger partial charge on any atom is 0.157 e. The van der Waals surface area contributed by atoms with E-state index in [9.17, 15) is 0 Å². The van der Waals surface area contributed by atoms with E-state index in [1.54, 1.807) is 0 Å². The van der Waals surface area contributed by atoms with E-state index >= 15 is 0 Å². The third kappa shape index (κ3) is 9.81. The van der Waals surface area contributed by atoms with Crippen LogP contribution in [0.25, 0.3) is 0 Å². The van der Waals surface area contributed by atoms with E-state index in [2.05, 4.69) is 38.1 Å². The van der Waals surface area contributed by atoms with Crippen molar-refractivity contribution in [2.75, 3.05) is 33.0 Å². The molecule has 1 heterocycles. The quantitative estimate of drug-likeness (QED) is 0.297. The van der Waals surface area contributed by atoms with Crippen LogP contribution in [0.2, 0.25) is 0 Å². The number of unbranched alkanes of at least 4 members (excludes halogenated alkanes) is 4. The predicted octanol–water partition coefficient (Wildman–Crippen LogP) is 5.40. The molecule has 1 aromatic carbocycles. The minimum Gasteiger partial charge on any atom is -0.494 e. The van der Waals surface area contributed by atoms with E-state index in [4.69, 9.17) is 18.9 Å². The highest BCUT2D eigenvalue weighted by atomic mass is 16.7. The first kappa shape index (κ1) is 23.1. The van der Waals surface area contributed by atoms with Gasteiger partial charge in [0.05, 0.1) is 19.8 Å². The van der Waals surface area contributed by atoms with Crippen molar-refractivity contribution in [2.24, 2.45) is 5.92 Å². The molecule has 1 aromatic rings. The largest absolute Gasteiger partial charge is 0.494 e. The van der Waals surface area contributed by atoms with Crippen molar-refractivity contribution in [3.63, 3.8) is 0 Å². The molecule has 2 rings (SSSR count). The van der Waals surface area contributed by atoms with E-state index in [1.165, 1.54) is 18.4 Å². The fourth-order valence-corrected chi connectivity index (χ4v) is 3.18. The SMILES string of the molecule is [CH2+][CH-]CCCOCCC1COC(CCc2ccc(OCCCCC)cc2)OC1. The lowest BCUT2D eigenvalue weighted by molar-refractivity contribution is -0.204. The molecule has 1 fully saturated rings. The van der Waals surface area contributed by atoms with Crippen molar-refractivity contribution in [3.8, 4) is 5.75 Å². The molecule has 0 unspecified atom stereocenters. The minimum atomic E-state index is -0.0882. The summed E-state index contributed by atoms with van der Waals surface area (Å²) in [5.41, 5.74) is 1.29. The van der Waals surface area contributed by atoms with Gasteiger partial charge in [0, 0.05) is 25.6 Å². The minimum absolute atomic E-state index is 0.0882. The van der Waals surface area contributed by atoms with E-state index in [1.807, 2.05) is 6.42 Å². The highest BCUT2D eigenvalue weighted by Crippen LogP contribution is 2.20. The Labute approximate surface area is 171 Å². The van der Waals surface area contributed by atoms with Crippen molar-refractivity contribution in [3.05, 3.63) is 43.2 Å². The van der Waals surface area contributed by atoms with Gasteiger partial charge >= 0.3 is 0 Å². The fraction of sp³-hybridized carbons (Fsp3) is 0.667. The average Bonchev–Trinajstić information content (AvgIpc) is 2.74. The molecule has 4 heteroatoms. The third-order valence-electron chi connectivity index (χ3n) is 5.01. The van der Waals surface area contributed by atoms with Crippen molar-refractivity contribution >= 4 is 0 Å². The average molecular weight is 391 g/mol. The van der Waals surface area contributed by atoms with Crippen LogP contribution in [0.5, 0.6) is 5.75 Å². The van der Waals surface area contributed by atoms with Gasteiger partial charge in [0.2, 0.25) is 0 Å². The summed E-state index contributed by atoms with van der Waals surface area (Å²) in [5.74, 6) is 1.40. The molecule has 1 aliphatic rings. The second-order valence-corrected chi connectivity index (χ2v) is 7.53. The van der Waals surface area contributed by atoms with E-state index in [-0.39, 0.29) is 6.29 Å². The van der Waals surface area contributed by atoms with Gasteiger partial charge in [0.1, 0.15) is 5.75 Å². The highest BCUT2D eigenvalue weighted by Gasteiger charge is 2.21. The Hall–Kier alpha value is -1.23. The Morgan fingerprint density at radius 1 is 1.00 bits per heavy atom. The van der Waals surface area contributed by atoms with Crippen molar-refractivity contribution in [1.29, 1.82) is 0 Å². The molecule has 0 aliphatic carbocycles. The topological polar surface area (TPSA) is 36.9 Å². The van der Waals surface area contributed by atoms with Crippen molar-refractivity contribution in [1.82, 2.24) is 0 Å². The number of benzene rings is 1. The van der Waals surface area contributed by atoms with Crippen molar-refractivity contribution < 1.29 is 18.9 Å². The van der Waals surface area contributed by atoms with Gasteiger partial charge in [-0.3, -0.25) is 0 Å². The molecular formula is C24H38O4. The summed E-state index contributed by atoms with van der Waals surface area (Å²) < 4.78 is 23.2. The summed E-state index contributed by atoms with van der Waals surface area (Å²) in [5, 5.41) is 0. The monoisotopic (exact) mass is 390 g/mol. The molecule has 0 spiro atoms. The molecule has 28 heavy (non-hydrogen) atoms. The lowest BCUT2D eigenvalue weighted by Crippen LogP contribution is -2.33. The molecule has 0 amide bonds. The molecule has 158 valence electrons. The number of hydrogen-bond donors (Lipinski definition) is 0. The molecule has 0 saturated carbocycles. The summed E-state index contributed by atoms with van der Waals surface area (Å²) >= 11 is 0. The Balaban J connectivity index is 1.53. The summed E-state index contributed by atoms with van der Waals surface area (Å²) in [6.07, 6.45) is 10.3. The van der Waals surface area contributed by atoms with Crippen LogP contribution >= 0.6 is 0 Å². The number of rotatable bonds is 15. The van der Waals surface area contributed by atoms with E-state index in [0.717, 1.165) is 77.3 Å². The standard InChI is InChI=1S/C24H38O4/c1-3-5-7-16-25-18-15-22-19-27-24(28-20-22)14-11-21-9-12-23(13-10-21)26-17-8-6-4-2/h3,9-10,12-13,22,24H,1,4-8,11,14-20H2,2H3. The zero-order chi connectivity index (χ0) is 19.9. The summed E-state index contributed by atoms with van der Waals surface area (Å²) in [7, 11) is 0. The van der Waals surface area contributed by atoms with Crippen LogP contribution in [0.4, 0.5) is 0 Å². The fourth-order valence-electron chi connectivity index (χ4n) is 3.18. The molecule has 4 nitrogen and oxygen atoms in total. The van der Waals surface area contributed by atoms with Gasteiger partial charge in [-0.1, -0.05) is 45.2 Å². The zero-order valence-electron chi connectivity index (χ0n) is 17.6. The van der Waals surface area contributed by atoms with Gasteiger partial charge in [-0.05, 0) is 37.0 Å². The number of ether oxygens (including phenoxy) is 4. The summed E-state index contributed by atoms with van der Waals surface area (Å²) in [6, 6.07) is 8.42. The molecule has 0 N–H and O–H groups in total. The van der Waals surface area contributed by atoms with E-state index in [0.29, 0.717) is 5.92 Å². The van der Waals surface area contributed by atoms with Gasteiger partial charge in [0.15, 0.2) is 6.29 Å². The van der Waals surface area contributed by atoms with Crippen LogP contribution in [-0.4, -0.2) is 39.3 Å². The predicted molar refractivity (Wildman–Crippen MR) is 113 cm³/mol. The Morgan fingerprint density at radius 2 is 1.79 bits per heavy atom. The third-order valence-corrected chi connectivity index (χ3v) is 5.01. The van der Waals surface area contributed by atoms with Gasteiger partial charge in [-0.25, -0.2) is 0 Å². The first-order valence-corrected chi connectivity index (χ1v) is 11.0. The molecule has 0 radical (unpaired) electrons. The van der Waals surface area contributed by atoms with E-state index < -0.39 is 0 Å². The van der Waals surface area contributed by atoms with Crippen LogP contribution < -0.4 is 4.74 Å². The van der Waals surface area contributed by atoms with Crippen LogP contribution in [-0.2, 0) is 20.6 Å². The molecule has 0 bridgehead atoms. The van der Waals surface area contributed by atoms with Gasteiger partial charge in [0.25, 0.3) is 0 Å². The molecule has 0 aromatic heterocycles. The van der Waals surface area contributed by atoms with Gasteiger partial charge in [-0.2, -0.15) is 0 Å². The van der Waals surface area contributed by atoms with Gasteiger partial charge < -0.3 is 18.9 Å². The highest BCUT2D eigenvalue weighted by molar-refractivity contribution is 5.27. The summed E-state index contributed by atoms with van der Waals surface area (Å²) in [6.45, 7) is 9.86. The zero-order valence-corrected chi connectivity index (χ0v) is 17.6. The van der Waals surface area contributed by atoms with Gasteiger partial charge in [-0.15, -0.1) is 12.8 Å². The second kappa shape index (κ2) is 14.7. The second-order valence-electron chi connectivity index (χ2n) is 7.53. The lowest BCUT2D eigenvalue weighted by Gasteiger charge is -2.29. The van der Waals surface area contributed by atoms with Crippen molar-refractivity contribution in [2.45, 2.75) is 64.6 Å². The molecule has 0 atom stereocenters. The molecule has 1 aliphatic heterocycles. The van der Waals surface area contributed by atoms with Crippen LogP contribution in [0.3, 0.4) is 0 Å². The molecular weight excluding hydrogens is 352 g/mol. The maximum absolute atomic E-state index is 5.89. The lowest BCUT2D eigenvalue weighted by atomic mass is 10.1. The maximum atomic E-state index is 5.89. The Morgan fingerprint density at radius 3 is 2.50 bits per heavy atom. The van der Waals surface area contributed by atoms with Crippen LogP contribution in [0.1, 0.15) is 57.4 Å².